The molecule has 1 heterocycles. The first-order valence-electron chi connectivity index (χ1n) is 6.30. The molecule has 3 aromatic rings. The summed E-state index contributed by atoms with van der Waals surface area (Å²) >= 11 is 0. The van der Waals surface area contributed by atoms with Crippen LogP contribution in [0.4, 0.5) is 0 Å². The number of nitrogens with zero attached hydrogens (tertiary/aromatic N) is 3. The monoisotopic (exact) mass is 249 g/mol. The van der Waals surface area contributed by atoms with Crippen LogP contribution >= 0.6 is 0 Å². The molecule has 3 rings (SSSR count). The molecule has 0 aliphatic carbocycles. The highest BCUT2D eigenvalue weighted by molar-refractivity contribution is 5.59. The highest BCUT2D eigenvalue weighted by Crippen LogP contribution is 2.22. The number of aromatic nitrogens is 3. The average molecular weight is 249 g/mol. The SMILES string of the molecule is Cc1ccc(-c2nnc(C)n2-c2ccccc2)cc1. The third-order valence-electron chi connectivity index (χ3n) is 3.15. The summed E-state index contributed by atoms with van der Waals surface area (Å²) in [6.07, 6.45) is 0. The van der Waals surface area contributed by atoms with E-state index in [-0.39, 0.29) is 0 Å². The van der Waals surface area contributed by atoms with Gasteiger partial charge in [0.15, 0.2) is 5.82 Å². The largest absolute Gasteiger partial charge is 0.279 e. The van der Waals surface area contributed by atoms with Crippen molar-refractivity contribution in [1.82, 2.24) is 14.8 Å². The predicted octanol–water partition coefficient (Wildman–Crippen LogP) is 3.55. The molecule has 0 saturated carbocycles. The lowest BCUT2D eigenvalue weighted by Crippen LogP contribution is -1.99. The van der Waals surface area contributed by atoms with Crippen LogP contribution in [0.2, 0.25) is 0 Å². The zero-order chi connectivity index (χ0) is 13.2. The molecule has 3 heteroatoms. The van der Waals surface area contributed by atoms with Crippen LogP contribution in [0.15, 0.2) is 54.6 Å². The molecule has 0 saturated heterocycles. The van der Waals surface area contributed by atoms with Crippen LogP contribution in [0.25, 0.3) is 17.1 Å². The Bertz CT molecular complexity index is 682. The standard InChI is InChI=1S/C16H15N3/c1-12-8-10-14(11-9-12)16-18-17-13(2)19(16)15-6-4-3-5-7-15/h3-11H,1-2H3. The van der Waals surface area contributed by atoms with Crippen molar-refractivity contribution in [3.8, 4) is 17.1 Å². The van der Waals surface area contributed by atoms with Crippen molar-refractivity contribution < 1.29 is 0 Å². The van der Waals surface area contributed by atoms with Gasteiger partial charge in [-0.1, -0.05) is 48.0 Å². The molecular weight excluding hydrogens is 234 g/mol. The summed E-state index contributed by atoms with van der Waals surface area (Å²) in [6, 6.07) is 18.5. The van der Waals surface area contributed by atoms with Crippen molar-refractivity contribution >= 4 is 0 Å². The first-order chi connectivity index (χ1) is 9.25. The van der Waals surface area contributed by atoms with E-state index in [1.165, 1.54) is 5.56 Å². The zero-order valence-electron chi connectivity index (χ0n) is 11.0. The Hall–Kier alpha value is -2.42. The topological polar surface area (TPSA) is 30.7 Å². The molecule has 2 aromatic carbocycles. The number of hydrogen-bond donors (Lipinski definition) is 0. The van der Waals surface area contributed by atoms with Crippen LogP contribution in [0, 0.1) is 13.8 Å². The second kappa shape index (κ2) is 4.69. The van der Waals surface area contributed by atoms with Gasteiger partial charge < -0.3 is 0 Å². The number of aryl methyl sites for hydroxylation is 2. The van der Waals surface area contributed by atoms with Crippen molar-refractivity contribution in [1.29, 1.82) is 0 Å². The number of benzene rings is 2. The summed E-state index contributed by atoms with van der Waals surface area (Å²) in [4.78, 5) is 0. The summed E-state index contributed by atoms with van der Waals surface area (Å²) < 4.78 is 2.07. The number of para-hydroxylation sites is 1. The third kappa shape index (κ3) is 2.15. The van der Waals surface area contributed by atoms with Gasteiger partial charge in [0.25, 0.3) is 0 Å². The summed E-state index contributed by atoms with van der Waals surface area (Å²) in [5, 5.41) is 8.51. The van der Waals surface area contributed by atoms with Crippen molar-refractivity contribution in [3.05, 3.63) is 66.0 Å². The Morgan fingerprint density at radius 3 is 2.16 bits per heavy atom. The molecular formula is C16H15N3. The first-order valence-corrected chi connectivity index (χ1v) is 6.30. The molecule has 0 aliphatic rings. The van der Waals surface area contributed by atoms with Crippen LogP contribution in [-0.4, -0.2) is 14.8 Å². The Morgan fingerprint density at radius 1 is 0.789 bits per heavy atom. The highest BCUT2D eigenvalue weighted by atomic mass is 15.3. The minimum atomic E-state index is 0.878. The van der Waals surface area contributed by atoms with E-state index in [9.17, 15) is 0 Å². The fourth-order valence-electron chi connectivity index (χ4n) is 2.14. The first kappa shape index (κ1) is 11.7. The van der Waals surface area contributed by atoms with Crippen LogP contribution < -0.4 is 0 Å². The van der Waals surface area contributed by atoms with Crippen LogP contribution in [-0.2, 0) is 0 Å². The minimum Gasteiger partial charge on any atom is -0.279 e. The fourth-order valence-corrected chi connectivity index (χ4v) is 2.14. The molecule has 0 aliphatic heterocycles. The number of rotatable bonds is 2. The Labute approximate surface area is 112 Å². The lowest BCUT2D eigenvalue weighted by molar-refractivity contribution is 0.972. The summed E-state index contributed by atoms with van der Waals surface area (Å²) in [6.45, 7) is 4.05. The third-order valence-corrected chi connectivity index (χ3v) is 3.15. The van der Waals surface area contributed by atoms with Crippen molar-refractivity contribution in [2.24, 2.45) is 0 Å². The average Bonchev–Trinajstić information content (AvgIpc) is 2.82. The van der Waals surface area contributed by atoms with Crippen molar-refractivity contribution in [2.75, 3.05) is 0 Å². The normalized spacial score (nSPS) is 10.6. The Balaban J connectivity index is 2.16. The predicted molar refractivity (Wildman–Crippen MR) is 76.3 cm³/mol. The van der Waals surface area contributed by atoms with Gasteiger partial charge in [0.2, 0.25) is 0 Å². The highest BCUT2D eigenvalue weighted by Gasteiger charge is 2.12. The maximum absolute atomic E-state index is 4.30. The van der Waals surface area contributed by atoms with Gasteiger partial charge in [-0.3, -0.25) is 4.57 Å². The van der Waals surface area contributed by atoms with E-state index in [2.05, 4.69) is 58.1 Å². The molecule has 0 radical (unpaired) electrons. The van der Waals surface area contributed by atoms with E-state index in [1.54, 1.807) is 0 Å². The van der Waals surface area contributed by atoms with E-state index in [4.69, 9.17) is 0 Å². The molecule has 0 N–H and O–H groups in total. The molecule has 0 unspecified atom stereocenters. The van der Waals surface area contributed by atoms with E-state index >= 15 is 0 Å². The summed E-state index contributed by atoms with van der Waals surface area (Å²) in [5.74, 6) is 1.77. The number of hydrogen-bond acceptors (Lipinski definition) is 2. The second-order valence-electron chi connectivity index (χ2n) is 4.61. The van der Waals surface area contributed by atoms with Gasteiger partial charge in [0, 0.05) is 11.3 Å². The van der Waals surface area contributed by atoms with Crippen molar-refractivity contribution in [2.45, 2.75) is 13.8 Å². The maximum atomic E-state index is 4.30. The Kier molecular flexibility index (Phi) is 2.88. The van der Waals surface area contributed by atoms with Gasteiger partial charge >= 0.3 is 0 Å². The lowest BCUT2D eigenvalue weighted by atomic mass is 10.1. The van der Waals surface area contributed by atoms with E-state index in [0.29, 0.717) is 0 Å². The quantitative estimate of drug-likeness (QED) is 0.695. The van der Waals surface area contributed by atoms with Gasteiger partial charge in [-0.25, -0.2) is 0 Å². The van der Waals surface area contributed by atoms with E-state index < -0.39 is 0 Å². The fraction of sp³-hybridized carbons (Fsp3) is 0.125. The summed E-state index contributed by atoms with van der Waals surface area (Å²) in [5.41, 5.74) is 3.40. The molecule has 19 heavy (non-hydrogen) atoms. The molecule has 0 amide bonds. The summed E-state index contributed by atoms with van der Waals surface area (Å²) in [7, 11) is 0. The van der Waals surface area contributed by atoms with E-state index in [0.717, 1.165) is 22.9 Å². The van der Waals surface area contributed by atoms with Gasteiger partial charge in [-0.05, 0) is 26.0 Å². The van der Waals surface area contributed by atoms with Crippen molar-refractivity contribution in [3.63, 3.8) is 0 Å². The van der Waals surface area contributed by atoms with E-state index in [1.807, 2.05) is 25.1 Å². The van der Waals surface area contributed by atoms with Gasteiger partial charge in [-0.2, -0.15) is 0 Å². The lowest BCUT2D eigenvalue weighted by Gasteiger charge is -2.08. The molecule has 3 nitrogen and oxygen atoms in total. The Morgan fingerprint density at radius 2 is 1.47 bits per heavy atom. The van der Waals surface area contributed by atoms with Crippen LogP contribution in [0.3, 0.4) is 0 Å². The zero-order valence-corrected chi connectivity index (χ0v) is 11.0. The van der Waals surface area contributed by atoms with Crippen LogP contribution in [0.1, 0.15) is 11.4 Å². The smallest absolute Gasteiger partial charge is 0.168 e. The van der Waals surface area contributed by atoms with Gasteiger partial charge in [-0.15, -0.1) is 10.2 Å². The molecule has 0 spiro atoms. The molecule has 0 bridgehead atoms. The van der Waals surface area contributed by atoms with Gasteiger partial charge in [0.05, 0.1) is 0 Å². The second-order valence-corrected chi connectivity index (χ2v) is 4.61. The molecule has 1 aromatic heterocycles. The molecule has 0 atom stereocenters. The minimum absolute atomic E-state index is 0.878. The maximum Gasteiger partial charge on any atom is 0.168 e. The van der Waals surface area contributed by atoms with Gasteiger partial charge in [0.1, 0.15) is 5.82 Å². The molecule has 0 fully saturated rings. The van der Waals surface area contributed by atoms with Crippen LogP contribution in [0.5, 0.6) is 0 Å². The molecule has 94 valence electrons.